The second kappa shape index (κ2) is 9.87. The van der Waals surface area contributed by atoms with E-state index in [1.807, 2.05) is 54.9 Å². The van der Waals surface area contributed by atoms with Crippen molar-refractivity contribution in [2.45, 2.75) is 19.5 Å². The van der Waals surface area contributed by atoms with Crippen LogP contribution in [0.1, 0.15) is 16.7 Å². The molecule has 0 fully saturated rings. The predicted octanol–water partition coefficient (Wildman–Crippen LogP) is 3.20. The summed E-state index contributed by atoms with van der Waals surface area (Å²) in [6, 6.07) is 21.8. The third kappa shape index (κ3) is 5.57. The Kier molecular flexibility index (Phi) is 6.55. The quantitative estimate of drug-likeness (QED) is 0.451. The number of para-hydroxylation sites is 2. The summed E-state index contributed by atoms with van der Waals surface area (Å²) in [5.74, 6) is -1.01. The first kappa shape index (κ1) is 21.2. The van der Waals surface area contributed by atoms with Gasteiger partial charge in [0.15, 0.2) is 0 Å². The Morgan fingerprint density at radius 3 is 2.50 bits per heavy atom. The van der Waals surface area contributed by atoms with Crippen LogP contribution in [0.2, 0.25) is 0 Å². The summed E-state index contributed by atoms with van der Waals surface area (Å²) in [6.07, 6.45) is 1.85. The van der Waals surface area contributed by atoms with Gasteiger partial charge in [0, 0.05) is 13.1 Å². The number of halogens is 1. The van der Waals surface area contributed by atoms with Gasteiger partial charge in [-0.05, 0) is 41.0 Å². The Labute approximate surface area is 185 Å². The summed E-state index contributed by atoms with van der Waals surface area (Å²) in [6.45, 7) is 0.907. The highest BCUT2D eigenvalue weighted by molar-refractivity contribution is 5.85. The average Bonchev–Trinajstić information content (AvgIpc) is 3.19. The highest BCUT2D eigenvalue weighted by Crippen LogP contribution is 2.15. The zero-order valence-electron chi connectivity index (χ0n) is 17.4. The van der Waals surface area contributed by atoms with Crippen LogP contribution in [0.3, 0.4) is 0 Å². The molecule has 7 heteroatoms. The molecule has 1 heterocycles. The molecular formula is C25H23FN4O2. The SMILES string of the molecule is O=C(CNC(=O)Cc1cccc(F)c1)NCc1cccc(Cn2cnc3ccccc32)c1. The largest absolute Gasteiger partial charge is 0.350 e. The Bertz CT molecular complexity index is 1250. The van der Waals surface area contributed by atoms with E-state index < -0.39 is 5.82 Å². The number of aromatic nitrogens is 2. The van der Waals surface area contributed by atoms with Gasteiger partial charge < -0.3 is 15.2 Å². The Morgan fingerprint density at radius 2 is 1.62 bits per heavy atom. The van der Waals surface area contributed by atoms with Crippen molar-refractivity contribution in [3.63, 3.8) is 0 Å². The topological polar surface area (TPSA) is 76.0 Å². The first-order valence-corrected chi connectivity index (χ1v) is 10.3. The van der Waals surface area contributed by atoms with Crippen molar-refractivity contribution in [1.29, 1.82) is 0 Å². The monoisotopic (exact) mass is 430 g/mol. The molecule has 6 nitrogen and oxygen atoms in total. The molecular weight excluding hydrogens is 407 g/mol. The molecule has 162 valence electrons. The van der Waals surface area contributed by atoms with E-state index in [1.165, 1.54) is 12.1 Å². The molecule has 0 saturated heterocycles. The molecule has 3 aromatic carbocycles. The zero-order chi connectivity index (χ0) is 22.3. The van der Waals surface area contributed by atoms with Crippen LogP contribution < -0.4 is 10.6 Å². The molecule has 0 radical (unpaired) electrons. The lowest BCUT2D eigenvalue weighted by Gasteiger charge is -2.09. The third-order valence-corrected chi connectivity index (χ3v) is 5.06. The van der Waals surface area contributed by atoms with Crippen LogP contribution in [0.4, 0.5) is 4.39 Å². The van der Waals surface area contributed by atoms with E-state index >= 15 is 0 Å². The zero-order valence-corrected chi connectivity index (χ0v) is 17.4. The summed E-state index contributed by atoms with van der Waals surface area (Å²) >= 11 is 0. The molecule has 2 N–H and O–H groups in total. The van der Waals surface area contributed by atoms with Crippen LogP contribution >= 0.6 is 0 Å². The van der Waals surface area contributed by atoms with Gasteiger partial charge in [0.05, 0.1) is 30.3 Å². The number of imidazole rings is 1. The van der Waals surface area contributed by atoms with Gasteiger partial charge in [-0.1, -0.05) is 48.5 Å². The fourth-order valence-electron chi connectivity index (χ4n) is 3.51. The van der Waals surface area contributed by atoms with E-state index in [2.05, 4.69) is 20.2 Å². The number of nitrogens with one attached hydrogen (secondary N) is 2. The third-order valence-electron chi connectivity index (χ3n) is 5.06. The van der Waals surface area contributed by atoms with Gasteiger partial charge >= 0.3 is 0 Å². The van der Waals surface area contributed by atoms with Gasteiger partial charge in [0.2, 0.25) is 11.8 Å². The minimum absolute atomic E-state index is 0.0238. The smallest absolute Gasteiger partial charge is 0.239 e. The molecule has 32 heavy (non-hydrogen) atoms. The van der Waals surface area contributed by atoms with Gasteiger partial charge in [-0.3, -0.25) is 9.59 Å². The molecule has 0 aliphatic rings. The second-order valence-corrected chi connectivity index (χ2v) is 7.54. The number of nitrogens with zero attached hydrogens (tertiary/aromatic N) is 2. The van der Waals surface area contributed by atoms with Gasteiger partial charge in [-0.2, -0.15) is 0 Å². The van der Waals surface area contributed by atoms with Gasteiger partial charge in [0.25, 0.3) is 0 Å². The van der Waals surface area contributed by atoms with Crippen LogP contribution in [0, 0.1) is 5.82 Å². The van der Waals surface area contributed by atoms with Crippen molar-refractivity contribution in [3.8, 4) is 0 Å². The maximum absolute atomic E-state index is 13.2. The first-order valence-electron chi connectivity index (χ1n) is 10.3. The van der Waals surface area contributed by atoms with E-state index in [0.29, 0.717) is 18.7 Å². The molecule has 0 unspecified atom stereocenters. The molecule has 1 aromatic heterocycles. The van der Waals surface area contributed by atoms with Crippen molar-refractivity contribution in [3.05, 3.63) is 102 Å². The highest BCUT2D eigenvalue weighted by Gasteiger charge is 2.08. The summed E-state index contributed by atoms with van der Waals surface area (Å²) < 4.78 is 15.3. The van der Waals surface area contributed by atoms with E-state index in [1.54, 1.807) is 12.1 Å². The number of amides is 2. The van der Waals surface area contributed by atoms with Gasteiger partial charge in [-0.25, -0.2) is 9.37 Å². The van der Waals surface area contributed by atoms with Crippen LogP contribution in [0.15, 0.2) is 79.1 Å². The number of carbonyl (C=O) groups excluding carboxylic acids is 2. The predicted molar refractivity (Wildman–Crippen MR) is 120 cm³/mol. The van der Waals surface area contributed by atoms with E-state index in [4.69, 9.17) is 0 Å². The fraction of sp³-hybridized carbons (Fsp3) is 0.160. The summed E-state index contributed by atoms with van der Waals surface area (Å²) in [5.41, 5.74) is 4.65. The van der Waals surface area contributed by atoms with Crippen molar-refractivity contribution in [2.75, 3.05) is 6.54 Å². The highest BCUT2D eigenvalue weighted by atomic mass is 19.1. The second-order valence-electron chi connectivity index (χ2n) is 7.54. The average molecular weight is 430 g/mol. The number of rotatable bonds is 8. The van der Waals surface area contributed by atoms with Gasteiger partial charge in [-0.15, -0.1) is 0 Å². The number of fused-ring (bicyclic) bond motifs is 1. The first-order chi connectivity index (χ1) is 15.6. The van der Waals surface area contributed by atoms with Crippen LogP contribution in [-0.2, 0) is 29.1 Å². The van der Waals surface area contributed by atoms with Gasteiger partial charge in [0.1, 0.15) is 5.82 Å². The Balaban J connectivity index is 1.26. The minimum Gasteiger partial charge on any atom is -0.350 e. The maximum atomic E-state index is 13.2. The number of hydrogen-bond donors (Lipinski definition) is 2. The van der Waals surface area contributed by atoms with E-state index in [0.717, 1.165) is 22.2 Å². The van der Waals surface area contributed by atoms with E-state index in [-0.39, 0.29) is 24.8 Å². The Morgan fingerprint density at radius 1 is 0.844 bits per heavy atom. The minimum atomic E-state index is -0.392. The molecule has 4 aromatic rings. The van der Waals surface area contributed by atoms with Crippen LogP contribution in [-0.4, -0.2) is 27.9 Å². The summed E-state index contributed by atoms with van der Waals surface area (Å²) in [7, 11) is 0. The molecule has 0 aliphatic heterocycles. The number of carbonyl (C=O) groups is 2. The molecule has 2 amide bonds. The Hall–Kier alpha value is -4.00. The molecule has 0 aliphatic carbocycles. The molecule has 0 saturated carbocycles. The number of benzene rings is 3. The van der Waals surface area contributed by atoms with Crippen molar-refractivity contribution in [2.24, 2.45) is 0 Å². The van der Waals surface area contributed by atoms with E-state index in [9.17, 15) is 14.0 Å². The fourth-order valence-corrected chi connectivity index (χ4v) is 3.51. The van der Waals surface area contributed by atoms with Crippen molar-refractivity contribution < 1.29 is 14.0 Å². The molecule has 0 bridgehead atoms. The maximum Gasteiger partial charge on any atom is 0.239 e. The number of hydrogen-bond acceptors (Lipinski definition) is 3. The van der Waals surface area contributed by atoms with Crippen LogP contribution in [0.5, 0.6) is 0 Å². The normalized spacial score (nSPS) is 10.8. The molecule has 4 rings (SSSR count). The lowest BCUT2D eigenvalue weighted by atomic mass is 10.1. The van der Waals surface area contributed by atoms with Crippen LogP contribution in [0.25, 0.3) is 11.0 Å². The van der Waals surface area contributed by atoms with Crippen molar-refractivity contribution >= 4 is 22.8 Å². The lowest BCUT2D eigenvalue weighted by molar-refractivity contribution is -0.125. The lowest BCUT2D eigenvalue weighted by Crippen LogP contribution is -2.37. The molecule has 0 atom stereocenters. The summed E-state index contributed by atoms with van der Waals surface area (Å²) in [4.78, 5) is 28.5. The van der Waals surface area contributed by atoms with Crippen molar-refractivity contribution in [1.82, 2.24) is 20.2 Å². The molecule has 0 spiro atoms. The summed E-state index contributed by atoms with van der Waals surface area (Å²) in [5, 5.41) is 5.37. The standard InChI is InChI=1S/C25H23FN4O2/c26-21-8-4-5-18(12-21)13-24(31)28-15-25(32)27-14-19-6-3-7-20(11-19)16-30-17-29-22-9-1-2-10-23(22)30/h1-12,17H,13-16H2,(H,27,32)(H,28,31).